The summed E-state index contributed by atoms with van der Waals surface area (Å²) in [7, 11) is 0. The summed E-state index contributed by atoms with van der Waals surface area (Å²) in [6, 6.07) is 6.88. The molecule has 1 saturated heterocycles. The number of rotatable bonds is 4. The fourth-order valence-electron chi connectivity index (χ4n) is 2.34. The molecule has 1 heterocycles. The van der Waals surface area contributed by atoms with Crippen LogP contribution in [0.25, 0.3) is 0 Å². The molecule has 19 heavy (non-hydrogen) atoms. The van der Waals surface area contributed by atoms with E-state index in [2.05, 4.69) is 5.32 Å². The van der Waals surface area contributed by atoms with Gasteiger partial charge in [0.05, 0.1) is 0 Å². The van der Waals surface area contributed by atoms with Crippen molar-refractivity contribution in [2.24, 2.45) is 0 Å². The number of benzene rings is 1. The lowest BCUT2D eigenvalue weighted by Crippen LogP contribution is -2.55. The van der Waals surface area contributed by atoms with E-state index in [4.69, 9.17) is 5.11 Å². The van der Waals surface area contributed by atoms with Crippen LogP contribution in [0.4, 0.5) is 5.69 Å². The Bertz CT molecular complexity index is 487. The number of ketones is 1. The minimum atomic E-state index is -0.374. The van der Waals surface area contributed by atoms with E-state index in [1.54, 1.807) is 12.1 Å². The standard InChI is InChI=1S/C14H18N2O3/c1-10(18)11-3-2-4-12(9-11)16-7-6-15-14(19)13(16)5-8-17/h2-4,9,13,17H,5-8H2,1H3,(H,15,19). The number of amides is 1. The van der Waals surface area contributed by atoms with E-state index in [9.17, 15) is 9.59 Å². The topological polar surface area (TPSA) is 69.6 Å². The molecule has 0 aromatic heterocycles. The largest absolute Gasteiger partial charge is 0.396 e. The van der Waals surface area contributed by atoms with Crippen LogP contribution in [-0.2, 0) is 4.79 Å². The summed E-state index contributed by atoms with van der Waals surface area (Å²) in [4.78, 5) is 25.2. The molecule has 2 rings (SSSR count). The molecule has 5 heteroatoms. The Kier molecular flexibility index (Phi) is 4.16. The molecular formula is C14H18N2O3. The summed E-state index contributed by atoms with van der Waals surface area (Å²) < 4.78 is 0. The normalized spacial score (nSPS) is 19.2. The highest BCUT2D eigenvalue weighted by Gasteiger charge is 2.29. The Morgan fingerprint density at radius 1 is 1.53 bits per heavy atom. The highest BCUT2D eigenvalue weighted by molar-refractivity contribution is 5.95. The minimum Gasteiger partial charge on any atom is -0.396 e. The van der Waals surface area contributed by atoms with Crippen molar-refractivity contribution in [2.75, 3.05) is 24.6 Å². The lowest BCUT2D eigenvalue weighted by atomic mass is 10.1. The van der Waals surface area contributed by atoms with Gasteiger partial charge in [0, 0.05) is 30.9 Å². The van der Waals surface area contributed by atoms with Crippen LogP contribution in [0.3, 0.4) is 0 Å². The lowest BCUT2D eigenvalue weighted by molar-refractivity contribution is -0.123. The molecule has 1 aromatic rings. The van der Waals surface area contributed by atoms with Crippen LogP contribution < -0.4 is 10.2 Å². The van der Waals surface area contributed by atoms with E-state index in [-0.39, 0.29) is 24.3 Å². The molecule has 0 aliphatic carbocycles. The molecule has 0 radical (unpaired) electrons. The number of nitrogens with zero attached hydrogens (tertiary/aromatic N) is 1. The number of Topliss-reactive ketones (excluding diaryl/α,β-unsaturated/α-hetero) is 1. The Morgan fingerprint density at radius 3 is 3.00 bits per heavy atom. The highest BCUT2D eigenvalue weighted by Crippen LogP contribution is 2.22. The van der Waals surface area contributed by atoms with Gasteiger partial charge >= 0.3 is 0 Å². The molecule has 2 N–H and O–H groups in total. The molecule has 0 spiro atoms. The van der Waals surface area contributed by atoms with Crippen LogP contribution in [-0.4, -0.2) is 42.5 Å². The van der Waals surface area contributed by atoms with E-state index in [1.165, 1.54) is 6.92 Å². The monoisotopic (exact) mass is 262 g/mol. The van der Waals surface area contributed by atoms with E-state index in [0.717, 1.165) is 5.69 Å². The fraction of sp³-hybridized carbons (Fsp3) is 0.429. The third-order valence-corrected chi connectivity index (χ3v) is 3.32. The molecule has 1 atom stereocenters. The number of anilines is 1. The van der Waals surface area contributed by atoms with E-state index in [0.29, 0.717) is 25.1 Å². The number of aliphatic hydroxyl groups excluding tert-OH is 1. The highest BCUT2D eigenvalue weighted by atomic mass is 16.3. The van der Waals surface area contributed by atoms with Gasteiger partial charge in [0.1, 0.15) is 6.04 Å². The molecule has 0 bridgehead atoms. The van der Waals surface area contributed by atoms with Crippen molar-refractivity contribution < 1.29 is 14.7 Å². The van der Waals surface area contributed by atoms with Gasteiger partial charge in [-0.1, -0.05) is 12.1 Å². The molecule has 102 valence electrons. The summed E-state index contributed by atoms with van der Waals surface area (Å²) in [5, 5.41) is 11.9. The van der Waals surface area contributed by atoms with Crippen LogP contribution in [0, 0.1) is 0 Å². The first-order valence-corrected chi connectivity index (χ1v) is 6.39. The first-order chi connectivity index (χ1) is 9.13. The summed E-state index contributed by atoms with van der Waals surface area (Å²) in [6.45, 7) is 2.73. The van der Waals surface area contributed by atoms with Crippen molar-refractivity contribution in [1.82, 2.24) is 5.32 Å². The molecule has 1 fully saturated rings. The van der Waals surface area contributed by atoms with Crippen LogP contribution in [0.1, 0.15) is 23.7 Å². The Hall–Kier alpha value is -1.88. The molecule has 0 saturated carbocycles. The number of carbonyl (C=O) groups excluding carboxylic acids is 2. The predicted molar refractivity (Wildman–Crippen MR) is 72.3 cm³/mol. The maximum atomic E-state index is 11.9. The first kappa shape index (κ1) is 13.5. The van der Waals surface area contributed by atoms with Gasteiger partial charge in [-0.2, -0.15) is 0 Å². The SMILES string of the molecule is CC(=O)c1cccc(N2CCNC(=O)C2CCO)c1. The maximum absolute atomic E-state index is 11.9. The number of nitrogens with one attached hydrogen (secondary N) is 1. The third kappa shape index (κ3) is 2.93. The van der Waals surface area contributed by atoms with Gasteiger partial charge in [-0.15, -0.1) is 0 Å². The average molecular weight is 262 g/mol. The quantitative estimate of drug-likeness (QED) is 0.779. The molecule has 1 amide bonds. The Balaban J connectivity index is 2.29. The second-order valence-electron chi connectivity index (χ2n) is 4.62. The van der Waals surface area contributed by atoms with Crippen molar-refractivity contribution in [2.45, 2.75) is 19.4 Å². The van der Waals surface area contributed by atoms with E-state index >= 15 is 0 Å². The zero-order chi connectivity index (χ0) is 13.8. The smallest absolute Gasteiger partial charge is 0.242 e. The van der Waals surface area contributed by atoms with Crippen molar-refractivity contribution in [3.63, 3.8) is 0 Å². The van der Waals surface area contributed by atoms with Crippen molar-refractivity contribution in [3.05, 3.63) is 29.8 Å². The zero-order valence-corrected chi connectivity index (χ0v) is 10.9. The number of aliphatic hydroxyl groups is 1. The zero-order valence-electron chi connectivity index (χ0n) is 10.9. The third-order valence-electron chi connectivity index (χ3n) is 3.32. The molecule has 1 unspecified atom stereocenters. The van der Waals surface area contributed by atoms with Crippen molar-refractivity contribution >= 4 is 17.4 Å². The van der Waals surface area contributed by atoms with Gasteiger partial charge in [0.2, 0.25) is 5.91 Å². The Labute approximate surface area is 112 Å². The Morgan fingerprint density at radius 2 is 2.32 bits per heavy atom. The van der Waals surface area contributed by atoms with Gasteiger partial charge in [-0.25, -0.2) is 0 Å². The number of piperazine rings is 1. The van der Waals surface area contributed by atoms with Gasteiger partial charge < -0.3 is 15.3 Å². The minimum absolute atomic E-state index is 0.00187. The van der Waals surface area contributed by atoms with Crippen LogP contribution in [0.15, 0.2) is 24.3 Å². The number of hydrogen-bond acceptors (Lipinski definition) is 4. The molecule has 1 aliphatic rings. The maximum Gasteiger partial charge on any atom is 0.242 e. The molecule has 1 aromatic carbocycles. The number of hydrogen-bond donors (Lipinski definition) is 2. The average Bonchev–Trinajstić information content (AvgIpc) is 2.41. The van der Waals surface area contributed by atoms with Crippen molar-refractivity contribution in [3.8, 4) is 0 Å². The molecule has 1 aliphatic heterocycles. The lowest BCUT2D eigenvalue weighted by Gasteiger charge is -2.36. The van der Waals surface area contributed by atoms with E-state index in [1.807, 2.05) is 17.0 Å². The predicted octanol–water partition coefficient (Wildman–Crippen LogP) is 0.576. The van der Waals surface area contributed by atoms with Gasteiger partial charge in [0.15, 0.2) is 5.78 Å². The van der Waals surface area contributed by atoms with Gasteiger partial charge in [0.25, 0.3) is 0 Å². The number of carbonyl (C=O) groups is 2. The van der Waals surface area contributed by atoms with Gasteiger partial charge in [-0.05, 0) is 25.5 Å². The van der Waals surface area contributed by atoms with Crippen LogP contribution in [0.5, 0.6) is 0 Å². The summed E-state index contributed by atoms with van der Waals surface area (Å²) in [5.74, 6) is -0.0736. The van der Waals surface area contributed by atoms with Crippen molar-refractivity contribution in [1.29, 1.82) is 0 Å². The molecule has 5 nitrogen and oxygen atoms in total. The summed E-state index contributed by atoms with van der Waals surface area (Å²) in [5.41, 5.74) is 1.48. The van der Waals surface area contributed by atoms with Crippen LogP contribution in [0.2, 0.25) is 0 Å². The first-order valence-electron chi connectivity index (χ1n) is 6.39. The second kappa shape index (κ2) is 5.84. The molecular weight excluding hydrogens is 244 g/mol. The van der Waals surface area contributed by atoms with Crippen LogP contribution >= 0.6 is 0 Å². The summed E-state index contributed by atoms with van der Waals surface area (Å²) in [6.07, 6.45) is 0.385. The van der Waals surface area contributed by atoms with Gasteiger partial charge in [-0.3, -0.25) is 9.59 Å². The fourth-order valence-corrected chi connectivity index (χ4v) is 2.34. The summed E-state index contributed by atoms with van der Waals surface area (Å²) >= 11 is 0. The van der Waals surface area contributed by atoms with E-state index < -0.39 is 0 Å². The second-order valence-corrected chi connectivity index (χ2v) is 4.62.